The first-order chi connectivity index (χ1) is 8.08. The van der Waals surface area contributed by atoms with Crippen LogP contribution in [0.15, 0.2) is 18.2 Å². The van der Waals surface area contributed by atoms with E-state index >= 15 is 0 Å². The van der Waals surface area contributed by atoms with Crippen LogP contribution in [0.25, 0.3) is 6.08 Å². The summed E-state index contributed by atoms with van der Waals surface area (Å²) in [5, 5.41) is 8.47. The van der Waals surface area contributed by atoms with Crippen LogP contribution in [0.1, 0.15) is 18.1 Å². The number of benzene rings is 1. The lowest BCUT2D eigenvalue weighted by Gasteiger charge is -1.99. The molecule has 5 heteroatoms. The molecule has 0 saturated heterocycles. The lowest BCUT2D eigenvalue weighted by Crippen LogP contribution is -1.99. The van der Waals surface area contributed by atoms with Crippen molar-refractivity contribution in [3.05, 3.63) is 41.0 Å². The number of ether oxygens (including phenoxy) is 1. The zero-order chi connectivity index (χ0) is 12.8. The summed E-state index contributed by atoms with van der Waals surface area (Å²) in [5.74, 6) is -2.25. The van der Waals surface area contributed by atoms with Gasteiger partial charge in [0.05, 0.1) is 12.2 Å². The summed E-state index contributed by atoms with van der Waals surface area (Å²) >= 11 is 0. The highest BCUT2D eigenvalue weighted by molar-refractivity contribution is 5.87. The van der Waals surface area contributed by atoms with Gasteiger partial charge in [-0.15, -0.1) is 0 Å². The van der Waals surface area contributed by atoms with Crippen molar-refractivity contribution >= 4 is 12.0 Å². The molecule has 0 fully saturated rings. The summed E-state index contributed by atoms with van der Waals surface area (Å²) in [5.41, 5.74) is -0.495. The van der Waals surface area contributed by atoms with E-state index in [9.17, 15) is 13.6 Å². The third-order valence-electron chi connectivity index (χ3n) is 1.89. The van der Waals surface area contributed by atoms with Crippen molar-refractivity contribution in [3.63, 3.8) is 0 Å². The molecule has 0 saturated carbocycles. The number of halogens is 2. The number of nitriles is 1. The molecule has 0 aromatic heterocycles. The minimum atomic E-state index is -0.836. The van der Waals surface area contributed by atoms with Crippen molar-refractivity contribution in [1.29, 1.82) is 5.26 Å². The van der Waals surface area contributed by atoms with Crippen LogP contribution in [0.5, 0.6) is 0 Å². The lowest BCUT2D eigenvalue weighted by molar-refractivity contribution is -0.137. The highest BCUT2D eigenvalue weighted by Crippen LogP contribution is 2.15. The van der Waals surface area contributed by atoms with Crippen molar-refractivity contribution in [2.24, 2.45) is 0 Å². The van der Waals surface area contributed by atoms with Gasteiger partial charge in [-0.25, -0.2) is 13.6 Å². The first kappa shape index (κ1) is 12.8. The molecule has 0 amide bonds. The molecular weight excluding hydrogens is 228 g/mol. The van der Waals surface area contributed by atoms with Gasteiger partial charge >= 0.3 is 5.97 Å². The number of esters is 1. The van der Waals surface area contributed by atoms with E-state index in [-0.39, 0.29) is 17.7 Å². The summed E-state index contributed by atoms with van der Waals surface area (Å²) < 4.78 is 31.1. The molecule has 0 radical (unpaired) electrons. The smallest absolute Gasteiger partial charge is 0.330 e. The van der Waals surface area contributed by atoms with Crippen molar-refractivity contribution in [2.75, 3.05) is 6.61 Å². The maximum atomic E-state index is 13.3. The Balaban J connectivity index is 2.97. The van der Waals surface area contributed by atoms with Crippen molar-refractivity contribution < 1.29 is 18.3 Å². The second-order valence-electron chi connectivity index (χ2n) is 3.05. The Kier molecular flexibility index (Phi) is 4.35. The molecule has 0 aliphatic carbocycles. The van der Waals surface area contributed by atoms with Crippen LogP contribution in [-0.2, 0) is 9.53 Å². The SMILES string of the molecule is CCOC(=O)C=Cc1cc(F)c(C#N)cc1F. The van der Waals surface area contributed by atoms with Crippen LogP contribution in [0.2, 0.25) is 0 Å². The lowest BCUT2D eigenvalue weighted by atomic mass is 10.1. The maximum Gasteiger partial charge on any atom is 0.330 e. The summed E-state index contributed by atoms with van der Waals surface area (Å²) in [4.78, 5) is 11.0. The molecule has 17 heavy (non-hydrogen) atoms. The molecule has 0 aliphatic heterocycles. The predicted molar refractivity (Wildman–Crippen MR) is 56.7 cm³/mol. The molecule has 1 aromatic carbocycles. The number of nitrogens with zero attached hydrogens (tertiary/aromatic N) is 1. The summed E-state index contributed by atoms with van der Waals surface area (Å²) in [6, 6.07) is 3.15. The topological polar surface area (TPSA) is 50.1 Å². The summed E-state index contributed by atoms with van der Waals surface area (Å²) in [6.45, 7) is 1.83. The number of hydrogen-bond acceptors (Lipinski definition) is 3. The summed E-state index contributed by atoms with van der Waals surface area (Å²) in [7, 11) is 0. The van der Waals surface area contributed by atoms with Crippen molar-refractivity contribution in [2.45, 2.75) is 6.92 Å². The number of carbonyl (C=O) groups excluding carboxylic acids is 1. The van der Waals surface area contributed by atoms with Crippen LogP contribution in [0, 0.1) is 23.0 Å². The Bertz CT molecular complexity index is 504. The molecule has 0 atom stereocenters. The zero-order valence-electron chi connectivity index (χ0n) is 9.04. The second kappa shape index (κ2) is 5.75. The molecule has 0 aliphatic rings. The van der Waals surface area contributed by atoms with Crippen LogP contribution < -0.4 is 0 Å². The second-order valence-corrected chi connectivity index (χ2v) is 3.05. The van der Waals surface area contributed by atoms with Crippen LogP contribution in [0.4, 0.5) is 8.78 Å². The molecule has 0 unspecified atom stereocenters. The Hall–Kier alpha value is -2.22. The fraction of sp³-hybridized carbons (Fsp3) is 0.167. The van der Waals surface area contributed by atoms with E-state index in [1.165, 1.54) is 6.07 Å². The van der Waals surface area contributed by atoms with Crippen LogP contribution in [0.3, 0.4) is 0 Å². The van der Waals surface area contributed by atoms with E-state index in [1.807, 2.05) is 0 Å². The fourth-order valence-corrected chi connectivity index (χ4v) is 1.12. The maximum absolute atomic E-state index is 13.3. The standard InChI is InChI=1S/C12H9F2NO2/c1-2-17-12(16)4-3-8-5-11(14)9(7-15)6-10(8)13/h3-6H,2H2,1H3. The van der Waals surface area contributed by atoms with Gasteiger partial charge in [-0.2, -0.15) is 5.26 Å². The molecule has 0 bridgehead atoms. The van der Waals surface area contributed by atoms with Crippen molar-refractivity contribution in [3.8, 4) is 6.07 Å². The van der Waals surface area contributed by atoms with Gasteiger partial charge in [0, 0.05) is 11.6 Å². The Morgan fingerprint density at radius 3 is 2.76 bits per heavy atom. The molecule has 3 nitrogen and oxygen atoms in total. The average molecular weight is 237 g/mol. The normalized spacial score (nSPS) is 10.2. The van der Waals surface area contributed by atoms with Gasteiger partial charge in [0.25, 0.3) is 0 Å². The van der Waals surface area contributed by atoms with Crippen LogP contribution in [-0.4, -0.2) is 12.6 Å². The van der Waals surface area contributed by atoms with Gasteiger partial charge < -0.3 is 4.74 Å². The van der Waals surface area contributed by atoms with E-state index in [1.54, 1.807) is 6.92 Å². The molecule has 1 aromatic rings. The third-order valence-corrected chi connectivity index (χ3v) is 1.89. The van der Waals surface area contributed by atoms with Gasteiger partial charge in [0.1, 0.15) is 17.7 Å². The molecule has 0 spiro atoms. The first-order valence-corrected chi connectivity index (χ1v) is 4.82. The predicted octanol–water partition coefficient (Wildman–Crippen LogP) is 2.41. The number of carbonyl (C=O) groups is 1. The minimum absolute atomic E-state index is 0.116. The monoisotopic (exact) mass is 237 g/mol. The highest BCUT2D eigenvalue weighted by atomic mass is 19.1. The molecule has 0 N–H and O–H groups in total. The van der Waals surface area contributed by atoms with E-state index in [0.717, 1.165) is 24.3 Å². The van der Waals surface area contributed by atoms with Gasteiger partial charge in [0.2, 0.25) is 0 Å². The summed E-state index contributed by atoms with van der Waals surface area (Å²) in [6.07, 6.45) is 2.09. The van der Waals surface area contributed by atoms with Gasteiger partial charge in [0.15, 0.2) is 0 Å². The van der Waals surface area contributed by atoms with E-state index < -0.39 is 17.6 Å². The average Bonchev–Trinajstić information content (AvgIpc) is 2.30. The van der Waals surface area contributed by atoms with Crippen LogP contribution >= 0.6 is 0 Å². The van der Waals surface area contributed by atoms with E-state index in [2.05, 4.69) is 4.74 Å². The number of rotatable bonds is 3. The molecular formula is C12H9F2NO2. The van der Waals surface area contributed by atoms with Gasteiger partial charge in [-0.05, 0) is 25.1 Å². The van der Waals surface area contributed by atoms with Gasteiger partial charge in [-0.3, -0.25) is 0 Å². The zero-order valence-corrected chi connectivity index (χ0v) is 9.04. The quantitative estimate of drug-likeness (QED) is 0.599. The minimum Gasteiger partial charge on any atom is -0.463 e. The largest absolute Gasteiger partial charge is 0.463 e. The van der Waals surface area contributed by atoms with Gasteiger partial charge in [-0.1, -0.05) is 0 Å². The highest BCUT2D eigenvalue weighted by Gasteiger charge is 2.07. The van der Waals surface area contributed by atoms with E-state index in [0.29, 0.717) is 0 Å². The van der Waals surface area contributed by atoms with Crippen molar-refractivity contribution in [1.82, 2.24) is 0 Å². The Labute approximate surface area is 96.9 Å². The Morgan fingerprint density at radius 2 is 2.18 bits per heavy atom. The Morgan fingerprint density at radius 1 is 1.47 bits per heavy atom. The third kappa shape index (κ3) is 3.38. The number of hydrogen-bond donors (Lipinski definition) is 0. The molecule has 1 rings (SSSR count). The molecule has 88 valence electrons. The van der Waals surface area contributed by atoms with E-state index in [4.69, 9.17) is 5.26 Å². The first-order valence-electron chi connectivity index (χ1n) is 4.82. The fourth-order valence-electron chi connectivity index (χ4n) is 1.12. The molecule has 0 heterocycles.